The van der Waals surface area contributed by atoms with E-state index in [9.17, 15) is 4.79 Å². The Kier molecular flexibility index (Phi) is 5.08. The average molecular weight is 340 g/mol. The largest absolute Gasteiger partial charge is 0.497 e. The van der Waals surface area contributed by atoms with Gasteiger partial charge in [0, 0.05) is 25.6 Å². The van der Waals surface area contributed by atoms with Crippen LogP contribution in [-0.2, 0) is 4.79 Å². The lowest BCUT2D eigenvalue weighted by Crippen LogP contribution is -2.23. The molecule has 0 aliphatic rings. The third-order valence-electron chi connectivity index (χ3n) is 3.65. The minimum absolute atomic E-state index is 0.0306. The highest BCUT2D eigenvalue weighted by molar-refractivity contribution is 5.88. The first kappa shape index (κ1) is 16.7. The van der Waals surface area contributed by atoms with Crippen molar-refractivity contribution in [2.45, 2.75) is 13.3 Å². The highest BCUT2D eigenvalue weighted by Crippen LogP contribution is 2.26. The predicted octanol–water partition coefficient (Wildman–Crippen LogP) is 1.97. The van der Waals surface area contributed by atoms with Crippen LogP contribution in [0.2, 0.25) is 0 Å². The molecule has 1 aromatic carbocycles. The van der Waals surface area contributed by atoms with Crippen molar-refractivity contribution in [1.29, 1.82) is 0 Å². The number of H-pyrrole nitrogens is 1. The summed E-state index contributed by atoms with van der Waals surface area (Å²) in [5.74, 6) is 1.27. The number of carbonyl (C=O) groups is 1. The van der Waals surface area contributed by atoms with Crippen molar-refractivity contribution in [3.05, 3.63) is 30.6 Å². The molecule has 0 radical (unpaired) electrons. The molecule has 0 aliphatic heterocycles. The van der Waals surface area contributed by atoms with Crippen LogP contribution in [0.1, 0.15) is 13.3 Å². The van der Waals surface area contributed by atoms with Crippen LogP contribution < -0.4 is 15.4 Å². The van der Waals surface area contributed by atoms with E-state index < -0.39 is 0 Å². The molecule has 0 bridgehead atoms. The van der Waals surface area contributed by atoms with Crippen molar-refractivity contribution >= 4 is 23.0 Å². The fraction of sp³-hybridized carbons (Fsp3) is 0.294. The molecule has 0 unspecified atom stereocenters. The lowest BCUT2D eigenvalue weighted by atomic mass is 10.1. The molecule has 0 saturated carbocycles. The van der Waals surface area contributed by atoms with Gasteiger partial charge in [-0.3, -0.25) is 4.79 Å². The minimum atomic E-state index is -0.0306. The number of aromatic amines is 1. The van der Waals surface area contributed by atoms with Crippen molar-refractivity contribution in [2.75, 3.05) is 25.5 Å². The molecular weight excluding hydrogens is 320 g/mol. The lowest BCUT2D eigenvalue weighted by molar-refractivity contribution is -0.118. The van der Waals surface area contributed by atoms with Gasteiger partial charge in [-0.05, 0) is 30.7 Å². The van der Waals surface area contributed by atoms with E-state index in [2.05, 4.69) is 30.6 Å². The molecule has 3 rings (SSSR count). The van der Waals surface area contributed by atoms with Gasteiger partial charge in [0.25, 0.3) is 0 Å². The van der Waals surface area contributed by atoms with Crippen molar-refractivity contribution in [3.8, 4) is 17.0 Å². The second-order valence-electron chi connectivity index (χ2n) is 5.49. The SMILES string of the molecule is COc1ccc(-c2nc(NCCCNC(C)=O)nc3[nH]cnc23)cc1. The van der Waals surface area contributed by atoms with Crippen LogP contribution in [0.15, 0.2) is 30.6 Å². The van der Waals surface area contributed by atoms with Gasteiger partial charge in [0.2, 0.25) is 11.9 Å². The van der Waals surface area contributed by atoms with Gasteiger partial charge in [0.1, 0.15) is 17.0 Å². The van der Waals surface area contributed by atoms with Gasteiger partial charge in [-0.1, -0.05) is 0 Å². The third-order valence-corrected chi connectivity index (χ3v) is 3.65. The summed E-state index contributed by atoms with van der Waals surface area (Å²) in [6.45, 7) is 2.77. The number of rotatable bonds is 7. The van der Waals surface area contributed by atoms with Gasteiger partial charge in [0.15, 0.2) is 5.65 Å². The number of amides is 1. The molecule has 3 aromatic rings. The number of benzene rings is 1. The van der Waals surface area contributed by atoms with E-state index in [-0.39, 0.29) is 5.91 Å². The van der Waals surface area contributed by atoms with Gasteiger partial charge < -0.3 is 20.4 Å². The Morgan fingerprint density at radius 3 is 2.72 bits per heavy atom. The monoisotopic (exact) mass is 340 g/mol. The maximum absolute atomic E-state index is 10.9. The first-order valence-electron chi connectivity index (χ1n) is 8.01. The van der Waals surface area contributed by atoms with E-state index in [0.29, 0.717) is 30.2 Å². The highest BCUT2D eigenvalue weighted by Gasteiger charge is 2.12. The average Bonchev–Trinajstić information content (AvgIpc) is 3.09. The van der Waals surface area contributed by atoms with Crippen molar-refractivity contribution < 1.29 is 9.53 Å². The molecule has 2 heterocycles. The molecule has 2 aromatic heterocycles. The van der Waals surface area contributed by atoms with Crippen LogP contribution in [0.3, 0.4) is 0 Å². The number of hydrogen-bond donors (Lipinski definition) is 3. The lowest BCUT2D eigenvalue weighted by Gasteiger charge is -2.08. The van der Waals surface area contributed by atoms with E-state index in [1.807, 2.05) is 24.3 Å². The summed E-state index contributed by atoms with van der Waals surface area (Å²) >= 11 is 0. The summed E-state index contributed by atoms with van der Waals surface area (Å²) < 4.78 is 5.20. The molecule has 3 N–H and O–H groups in total. The number of nitrogens with one attached hydrogen (secondary N) is 3. The Balaban J connectivity index is 1.80. The van der Waals surface area contributed by atoms with Gasteiger partial charge in [-0.15, -0.1) is 0 Å². The minimum Gasteiger partial charge on any atom is -0.497 e. The fourth-order valence-electron chi connectivity index (χ4n) is 2.42. The first-order chi connectivity index (χ1) is 12.2. The molecule has 0 aliphatic carbocycles. The zero-order chi connectivity index (χ0) is 17.6. The summed E-state index contributed by atoms with van der Waals surface area (Å²) in [6, 6.07) is 7.65. The van der Waals surface area contributed by atoms with Crippen LogP contribution in [0, 0.1) is 0 Å². The normalized spacial score (nSPS) is 10.6. The number of hydrogen-bond acceptors (Lipinski definition) is 6. The summed E-state index contributed by atoms with van der Waals surface area (Å²) in [7, 11) is 1.63. The Labute approximate surface area is 145 Å². The molecular formula is C17H20N6O2. The molecule has 0 atom stereocenters. The molecule has 1 amide bonds. The van der Waals surface area contributed by atoms with Crippen LogP contribution >= 0.6 is 0 Å². The Bertz CT molecular complexity index is 859. The smallest absolute Gasteiger partial charge is 0.225 e. The number of imidazole rings is 1. The van der Waals surface area contributed by atoms with Crippen molar-refractivity contribution in [1.82, 2.24) is 25.3 Å². The maximum Gasteiger partial charge on any atom is 0.225 e. The van der Waals surface area contributed by atoms with Crippen LogP contribution in [0.5, 0.6) is 5.75 Å². The van der Waals surface area contributed by atoms with Crippen LogP contribution in [-0.4, -0.2) is 46.0 Å². The molecule has 8 nitrogen and oxygen atoms in total. The van der Waals surface area contributed by atoms with Gasteiger partial charge in [0.05, 0.1) is 13.4 Å². The van der Waals surface area contributed by atoms with Crippen molar-refractivity contribution in [3.63, 3.8) is 0 Å². The highest BCUT2D eigenvalue weighted by atomic mass is 16.5. The summed E-state index contributed by atoms with van der Waals surface area (Å²) in [4.78, 5) is 27.2. The van der Waals surface area contributed by atoms with E-state index in [4.69, 9.17) is 4.74 Å². The van der Waals surface area contributed by atoms with Gasteiger partial charge >= 0.3 is 0 Å². The summed E-state index contributed by atoms with van der Waals surface area (Å²) in [5, 5.41) is 5.94. The second kappa shape index (κ2) is 7.61. The summed E-state index contributed by atoms with van der Waals surface area (Å²) in [5.41, 5.74) is 3.07. The Morgan fingerprint density at radius 1 is 1.20 bits per heavy atom. The molecule has 0 spiro atoms. The summed E-state index contributed by atoms with van der Waals surface area (Å²) in [6.07, 6.45) is 2.38. The second-order valence-corrected chi connectivity index (χ2v) is 5.49. The zero-order valence-electron chi connectivity index (χ0n) is 14.2. The number of ether oxygens (including phenoxy) is 1. The quantitative estimate of drug-likeness (QED) is 0.568. The van der Waals surface area contributed by atoms with E-state index in [1.54, 1.807) is 13.4 Å². The number of fused-ring (bicyclic) bond motifs is 1. The third kappa shape index (κ3) is 4.03. The van der Waals surface area contributed by atoms with E-state index in [1.165, 1.54) is 6.92 Å². The van der Waals surface area contributed by atoms with E-state index >= 15 is 0 Å². The molecule has 0 saturated heterocycles. The molecule has 0 fully saturated rings. The Morgan fingerprint density at radius 2 is 2.00 bits per heavy atom. The number of methoxy groups -OCH3 is 1. The van der Waals surface area contributed by atoms with Crippen LogP contribution in [0.25, 0.3) is 22.4 Å². The topological polar surface area (TPSA) is 105 Å². The number of carbonyl (C=O) groups excluding carboxylic acids is 1. The van der Waals surface area contributed by atoms with Gasteiger partial charge in [-0.25, -0.2) is 9.97 Å². The van der Waals surface area contributed by atoms with E-state index in [0.717, 1.165) is 23.4 Å². The number of anilines is 1. The zero-order valence-corrected chi connectivity index (χ0v) is 14.2. The molecule has 8 heteroatoms. The van der Waals surface area contributed by atoms with Gasteiger partial charge in [-0.2, -0.15) is 4.98 Å². The number of nitrogens with zero attached hydrogens (tertiary/aromatic N) is 3. The fourth-order valence-corrected chi connectivity index (χ4v) is 2.42. The Hall–Kier alpha value is -3.16. The van der Waals surface area contributed by atoms with Crippen molar-refractivity contribution in [2.24, 2.45) is 0 Å². The first-order valence-corrected chi connectivity index (χ1v) is 8.01. The standard InChI is InChI=1S/C17H20N6O2/c1-11(24)18-8-3-9-19-17-22-14(15-16(23-17)21-10-20-15)12-4-6-13(25-2)7-5-12/h4-7,10H,3,8-9H2,1-2H3,(H,18,24)(H2,19,20,21,22,23). The van der Waals surface area contributed by atoms with Crippen LogP contribution in [0.4, 0.5) is 5.95 Å². The molecule has 130 valence electrons. The number of aromatic nitrogens is 4. The molecule has 25 heavy (non-hydrogen) atoms. The maximum atomic E-state index is 10.9. The predicted molar refractivity (Wildman–Crippen MR) is 95.5 cm³/mol.